The minimum Gasteiger partial charge on any atom is -0.409 e. The van der Waals surface area contributed by atoms with Crippen LogP contribution in [-0.2, 0) is 4.79 Å². The normalized spacial score (nSPS) is 21.6. The molecule has 27 heavy (non-hydrogen) atoms. The highest BCUT2D eigenvalue weighted by molar-refractivity contribution is 6.05. The molecule has 1 aromatic carbocycles. The summed E-state index contributed by atoms with van der Waals surface area (Å²) in [6, 6.07) is 5.94. The fraction of sp³-hybridized carbons (Fsp3) is 0.421. The van der Waals surface area contributed by atoms with Gasteiger partial charge in [-0.05, 0) is 57.2 Å². The number of nitrogens with zero attached hydrogens (tertiary/aromatic N) is 3. The highest BCUT2D eigenvalue weighted by Gasteiger charge is 2.27. The molecule has 2 aliphatic rings. The van der Waals surface area contributed by atoms with Gasteiger partial charge in [-0.2, -0.15) is 0 Å². The summed E-state index contributed by atoms with van der Waals surface area (Å²) in [5, 5.41) is 17.6. The number of carbonyl (C=O) groups is 2. The van der Waals surface area contributed by atoms with Gasteiger partial charge in [0, 0.05) is 24.2 Å². The lowest BCUT2D eigenvalue weighted by atomic mass is 10.1. The molecule has 3 rings (SSSR count). The van der Waals surface area contributed by atoms with Gasteiger partial charge in [0.15, 0.2) is 11.9 Å². The van der Waals surface area contributed by atoms with Crippen molar-refractivity contribution in [3.8, 4) is 11.8 Å². The molecule has 0 spiro atoms. The SMILES string of the molecule is CN1CCCN(/C(=N\O)c2ccc(C#C[C@@H]3NC(=O)NC3=O)cc2)CCC1. The first-order valence-electron chi connectivity index (χ1n) is 8.95. The van der Waals surface area contributed by atoms with Crippen LogP contribution in [0.3, 0.4) is 0 Å². The number of rotatable bonds is 1. The molecule has 0 radical (unpaired) electrons. The summed E-state index contributed by atoms with van der Waals surface area (Å²) in [6.45, 7) is 3.72. The molecule has 0 aliphatic carbocycles. The Balaban J connectivity index is 1.68. The minimum absolute atomic E-state index is 0.443. The van der Waals surface area contributed by atoms with E-state index < -0.39 is 18.0 Å². The van der Waals surface area contributed by atoms with Crippen LogP contribution in [0.4, 0.5) is 4.79 Å². The first-order chi connectivity index (χ1) is 13.1. The van der Waals surface area contributed by atoms with Crippen molar-refractivity contribution in [2.24, 2.45) is 5.16 Å². The van der Waals surface area contributed by atoms with E-state index in [1.165, 1.54) is 0 Å². The van der Waals surface area contributed by atoms with E-state index in [4.69, 9.17) is 0 Å². The van der Waals surface area contributed by atoms with Gasteiger partial charge in [0.25, 0.3) is 5.91 Å². The lowest BCUT2D eigenvalue weighted by molar-refractivity contribution is -0.119. The Bertz CT molecular complexity index is 784. The lowest BCUT2D eigenvalue weighted by Gasteiger charge is -2.30. The van der Waals surface area contributed by atoms with E-state index in [-0.39, 0.29) is 0 Å². The molecule has 3 amide bonds. The van der Waals surface area contributed by atoms with Crippen LogP contribution in [0.2, 0.25) is 0 Å². The Morgan fingerprint density at radius 2 is 1.81 bits per heavy atom. The highest BCUT2D eigenvalue weighted by atomic mass is 16.4. The number of nitrogens with one attached hydrogen (secondary N) is 2. The topological polar surface area (TPSA) is 97.3 Å². The third kappa shape index (κ3) is 4.77. The van der Waals surface area contributed by atoms with Crippen molar-refractivity contribution < 1.29 is 14.8 Å². The number of benzene rings is 1. The average Bonchev–Trinajstić information content (AvgIpc) is 2.96. The Morgan fingerprint density at radius 1 is 1.15 bits per heavy atom. The first-order valence-corrected chi connectivity index (χ1v) is 8.95. The summed E-state index contributed by atoms with van der Waals surface area (Å²) in [4.78, 5) is 27.0. The van der Waals surface area contributed by atoms with Gasteiger partial charge in [-0.15, -0.1) is 0 Å². The number of amides is 3. The quantitative estimate of drug-likeness (QED) is 0.166. The Kier molecular flexibility index (Phi) is 5.94. The van der Waals surface area contributed by atoms with Gasteiger partial charge in [-0.25, -0.2) is 4.79 Å². The van der Waals surface area contributed by atoms with Crippen molar-refractivity contribution in [2.75, 3.05) is 33.2 Å². The van der Waals surface area contributed by atoms with Crippen LogP contribution in [-0.4, -0.2) is 72.0 Å². The number of carbonyl (C=O) groups excluding carboxylic acids is 2. The summed E-state index contributed by atoms with van der Waals surface area (Å²) in [5.41, 5.74) is 1.52. The molecule has 0 aromatic heterocycles. The smallest absolute Gasteiger partial charge is 0.322 e. The molecular weight excluding hydrogens is 346 g/mol. The van der Waals surface area contributed by atoms with Crippen LogP contribution < -0.4 is 10.6 Å². The number of imide groups is 1. The van der Waals surface area contributed by atoms with Crippen LogP contribution in [0.5, 0.6) is 0 Å². The summed E-state index contributed by atoms with van der Waals surface area (Å²) >= 11 is 0. The molecule has 2 saturated heterocycles. The molecule has 2 heterocycles. The predicted octanol–water partition coefficient (Wildman–Crippen LogP) is 0.410. The first kappa shape index (κ1) is 18.7. The maximum Gasteiger partial charge on any atom is 0.322 e. The Hall–Kier alpha value is -3.05. The maximum absolute atomic E-state index is 11.5. The third-order valence-corrected chi connectivity index (χ3v) is 4.61. The fourth-order valence-electron chi connectivity index (χ4n) is 3.18. The summed E-state index contributed by atoms with van der Waals surface area (Å²) in [7, 11) is 2.12. The molecule has 0 unspecified atom stereocenters. The van der Waals surface area contributed by atoms with E-state index in [0.29, 0.717) is 11.4 Å². The number of oxime groups is 1. The third-order valence-electron chi connectivity index (χ3n) is 4.61. The lowest BCUT2D eigenvalue weighted by Crippen LogP contribution is -2.39. The van der Waals surface area contributed by atoms with Gasteiger partial charge >= 0.3 is 6.03 Å². The summed E-state index contributed by atoms with van der Waals surface area (Å²) in [6.07, 6.45) is 2.02. The molecular formula is C19H23N5O3. The summed E-state index contributed by atoms with van der Waals surface area (Å²) in [5.74, 6) is 5.73. The summed E-state index contributed by atoms with van der Waals surface area (Å²) < 4.78 is 0. The fourth-order valence-corrected chi connectivity index (χ4v) is 3.18. The number of hydrogen-bond acceptors (Lipinski definition) is 5. The minimum atomic E-state index is -0.828. The van der Waals surface area contributed by atoms with Crippen molar-refractivity contribution in [3.63, 3.8) is 0 Å². The zero-order chi connectivity index (χ0) is 19.2. The van der Waals surface area contributed by atoms with E-state index in [1.54, 1.807) is 12.1 Å². The highest BCUT2D eigenvalue weighted by Crippen LogP contribution is 2.12. The largest absolute Gasteiger partial charge is 0.409 e. The standard InChI is InChI=1S/C19H23N5O3/c1-23-10-2-12-24(13-3-11-23)17(22-27)15-7-4-14(5-8-15)6-9-16-18(25)21-19(26)20-16/h4-5,7-8,16,27H,2-3,10-13H2,1H3,(H2,20,21,25,26)/b22-17-/t16-/m0/s1. The molecule has 0 bridgehead atoms. The average molecular weight is 369 g/mol. The Morgan fingerprint density at radius 3 is 2.37 bits per heavy atom. The van der Waals surface area contributed by atoms with Gasteiger partial charge in [-0.3, -0.25) is 10.1 Å². The number of urea groups is 1. The second-order valence-corrected chi connectivity index (χ2v) is 6.66. The van der Waals surface area contributed by atoms with Crippen molar-refractivity contribution in [1.82, 2.24) is 20.4 Å². The van der Waals surface area contributed by atoms with E-state index in [1.807, 2.05) is 12.1 Å². The molecule has 8 nitrogen and oxygen atoms in total. The molecule has 0 saturated carbocycles. The molecule has 3 N–H and O–H groups in total. The second-order valence-electron chi connectivity index (χ2n) is 6.66. The predicted molar refractivity (Wildman–Crippen MR) is 100 cm³/mol. The van der Waals surface area contributed by atoms with Crippen molar-refractivity contribution in [3.05, 3.63) is 35.4 Å². The zero-order valence-electron chi connectivity index (χ0n) is 15.2. The molecule has 2 fully saturated rings. The van der Waals surface area contributed by atoms with Crippen LogP contribution >= 0.6 is 0 Å². The van der Waals surface area contributed by atoms with Crippen molar-refractivity contribution >= 4 is 17.8 Å². The van der Waals surface area contributed by atoms with E-state index in [2.05, 4.69) is 44.5 Å². The molecule has 1 atom stereocenters. The van der Waals surface area contributed by atoms with Crippen LogP contribution in [0.1, 0.15) is 24.0 Å². The van der Waals surface area contributed by atoms with Crippen molar-refractivity contribution in [1.29, 1.82) is 0 Å². The second kappa shape index (κ2) is 8.56. The van der Waals surface area contributed by atoms with Gasteiger partial charge in [-0.1, -0.05) is 17.0 Å². The van der Waals surface area contributed by atoms with Gasteiger partial charge < -0.3 is 20.3 Å². The van der Waals surface area contributed by atoms with Crippen LogP contribution in [0, 0.1) is 11.8 Å². The molecule has 2 aliphatic heterocycles. The zero-order valence-corrected chi connectivity index (χ0v) is 15.2. The van der Waals surface area contributed by atoms with Gasteiger partial charge in [0.2, 0.25) is 0 Å². The van der Waals surface area contributed by atoms with Crippen LogP contribution in [0.15, 0.2) is 29.4 Å². The molecule has 142 valence electrons. The molecule has 8 heteroatoms. The number of amidine groups is 1. The molecule has 1 aromatic rings. The monoisotopic (exact) mass is 369 g/mol. The number of hydrogen-bond donors (Lipinski definition) is 3. The van der Waals surface area contributed by atoms with E-state index in [9.17, 15) is 14.8 Å². The van der Waals surface area contributed by atoms with Gasteiger partial charge in [0.05, 0.1) is 0 Å². The van der Waals surface area contributed by atoms with Gasteiger partial charge in [0.1, 0.15) is 0 Å². The van der Waals surface area contributed by atoms with E-state index >= 15 is 0 Å². The van der Waals surface area contributed by atoms with E-state index in [0.717, 1.165) is 44.6 Å². The maximum atomic E-state index is 11.5. The van der Waals surface area contributed by atoms with Crippen LogP contribution in [0.25, 0.3) is 0 Å². The Labute approximate surface area is 158 Å². The van der Waals surface area contributed by atoms with Crippen molar-refractivity contribution in [2.45, 2.75) is 18.9 Å².